The molecule has 0 N–H and O–H groups in total. The molecule has 0 saturated heterocycles. The van der Waals surface area contributed by atoms with Crippen LogP contribution in [0.15, 0.2) is 200 Å². The summed E-state index contributed by atoms with van der Waals surface area (Å²) < 4.78 is 4.97. The van der Waals surface area contributed by atoms with Crippen molar-refractivity contribution in [2.24, 2.45) is 0 Å². The molecule has 4 aliphatic heterocycles. The highest BCUT2D eigenvalue weighted by Crippen LogP contribution is 2.46. The molecule has 62 heavy (non-hydrogen) atoms. The zero-order chi connectivity index (χ0) is 40.2. The molecule has 0 fully saturated rings. The number of para-hydroxylation sites is 5. The topological polar surface area (TPSA) is 29.2 Å². The van der Waals surface area contributed by atoms with Gasteiger partial charge in [0.1, 0.15) is 5.82 Å². The van der Waals surface area contributed by atoms with Gasteiger partial charge in [-0.15, -0.1) is 0 Å². The van der Waals surface area contributed by atoms with Crippen LogP contribution in [0, 0.1) is 0 Å². The fourth-order valence-corrected chi connectivity index (χ4v) is 11.8. The third-order valence-corrected chi connectivity index (χ3v) is 14.1. The molecule has 0 radical (unpaired) electrons. The molecule has 6 heterocycles. The number of hydrogen-bond acceptors (Lipinski definition) is 3. The van der Waals surface area contributed by atoms with Crippen LogP contribution >= 0.6 is 0 Å². The van der Waals surface area contributed by atoms with E-state index in [4.69, 9.17) is 4.98 Å². The van der Waals surface area contributed by atoms with Crippen LogP contribution < -0.4 is 42.6 Å². The van der Waals surface area contributed by atoms with Crippen molar-refractivity contribution in [3.8, 4) is 22.8 Å². The lowest BCUT2D eigenvalue weighted by molar-refractivity contribution is 1.10. The van der Waals surface area contributed by atoms with Crippen LogP contribution in [0.2, 0.25) is 0 Å². The molecule has 0 aliphatic carbocycles. The van der Waals surface area contributed by atoms with Gasteiger partial charge in [-0.1, -0.05) is 133 Å². The molecular weight excluding hydrogens is 752 g/mol. The van der Waals surface area contributed by atoms with Gasteiger partial charge in [0.05, 0.1) is 16.6 Å². The van der Waals surface area contributed by atoms with Crippen LogP contribution in [0.4, 0.5) is 34.1 Å². The molecule has 0 unspecified atom stereocenters. The van der Waals surface area contributed by atoms with E-state index in [2.05, 4.69) is 219 Å². The van der Waals surface area contributed by atoms with Crippen molar-refractivity contribution >= 4 is 113 Å². The zero-order valence-corrected chi connectivity index (χ0v) is 33.4. The molecule has 11 aromatic rings. The summed E-state index contributed by atoms with van der Waals surface area (Å²) in [5.74, 6) is 0.968. The zero-order valence-electron chi connectivity index (χ0n) is 33.4. The van der Waals surface area contributed by atoms with Gasteiger partial charge in [-0.25, -0.2) is 4.98 Å². The van der Waals surface area contributed by atoms with Crippen molar-refractivity contribution in [3.63, 3.8) is 0 Å². The van der Waals surface area contributed by atoms with Crippen molar-refractivity contribution in [1.29, 1.82) is 0 Å². The highest BCUT2D eigenvalue weighted by atomic mass is 15.2. The number of anilines is 6. The average Bonchev–Trinajstić information content (AvgIpc) is 3.90. The molecule has 0 saturated carbocycles. The Morgan fingerprint density at radius 1 is 0.355 bits per heavy atom. The van der Waals surface area contributed by atoms with Crippen LogP contribution in [-0.2, 0) is 0 Å². The molecule has 4 aliphatic rings. The SMILES string of the molecule is c1ccc(-c2nc3cccc4c3n2-c2cccc3c2B4c2cc4c(cc2N3c2ccccc2)N(c2ccccc2)c2cccc3c2B4c2cccc4c5ccccc5n-3c24)cc1. The Morgan fingerprint density at radius 2 is 0.871 bits per heavy atom. The van der Waals surface area contributed by atoms with Gasteiger partial charge in [0.2, 0.25) is 0 Å². The predicted octanol–water partition coefficient (Wildman–Crippen LogP) is 9.02. The van der Waals surface area contributed by atoms with Crippen molar-refractivity contribution in [2.75, 3.05) is 9.80 Å². The molecule has 7 heteroatoms. The van der Waals surface area contributed by atoms with E-state index in [0.29, 0.717) is 0 Å². The number of aromatic nitrogens is 3. The van der Waals surface area contributed by atoms with E-state index in [1.165, 1.54) is 94.2 Å². The van der Waals surface area contributed by atoms with Crippen molar-refractivity contribution in [2.45, 2.75) is 0 Å². The van der Waals surface area contributed by atoms with Crippen molar-refractivity contribution in [1.82, 2.24) is 14.1 Å². The normalized spacial score (nSPS) is 13.7. The monoisotopic (exact) mass is 785 g/mol. The van der Waals surface area contributed by atoms with Gasteiger partial charge in [-0.3, -0.25) is 4.57 Å². The van der Waals surface area contributed by atoms with Gasteiger partial charge < -0.3 is 14.4 Å². The second-order valence-electron chi connectivity index (χ2n) is 17.0. The van der Waals surface area contributed by atoms with E-state index in [0.717, 1.165) is 28.3 Å². The van der Waals surface area contributed by atoms with E-state index in [-0.39, 0.29) is 13.4 Å². The fourth-order valence-electron chi connectivity index (χ4n) is 11.8. The Labute approximate surface area is 358 Å². The van der Waals surface area contributed by atoms with Crippen molar-refractivity contribution < 1.29 is 0 Å². The minimum absolute atomic E-state index is 0.0124. The third kappa shape index (κ3) is 4.03. The first-order valence-corrected chi connectivity index (χ1v) is 21.6. The Bertz CT molecular complexity index is 3730. The summed E-state index contributed by atoms with van der Waals surface area (Å²) in [4.78, 5) is 10.4. The van der Waals surface area contributed by atoms with Crippen LogP contribution in [0.3, 0.4) is 0 Å². The summed E-state index contributed by atoms with van der Waals surface area (Å²) in [6, 6.07) is 74.1. The van der Waals surface area contributed by atoms with Crippen LogP contribution in [-0.4, -0.2) is 27.5 Å². The van der Waals surface area contributed by atoms with Gasteiger partial charge >= 0.3 is 0 Å². The largest absolute Gasteiger partial charge is 0.311 e. The lowest BCUT2D eigenvalue weighted by Gasteiger charge is -2.44. The van der Waals surface area contributed by atoms with Crippen LogP contribution in [0.25, 0.3) is 55.6 Å². The van der Waals surface area contributed by atoms with Gasteiger partial charge in [0, 0.05) is 67.4 Å². The van der Waals surface area contributed by atoms with E-state index in [9.17, 15) is 0 Å². The van der Waals surface area contributed by atoms with Gasteiger partial charge in [0.15, 0.2) is 0 Å². The average molecular weight is 786 g/mol. The quantitative estimate of drug-likeness (QED) is 0.168. The van der Waals surface area contributed by atoms with E-state index in [1.807, 2.05) is 0 Å². The Kier molecular flexibility index (Phi) is 6.26. The molecule has 284 valence electrons. The predicted molar refractivity (Wildman–Crippen MR) is 260 cm³/mol. The highest BCUT2D eigenvalue weighted by Gasteiger charge is 2.47. The molecule has 2 aromatic heterocycles. The first-order valence-electron chi connectivity index (χ1n) is 21.6. The fraction of sp³-hybridized carbons (Fsp3) is 0. The first kappa shape index (κ1) is 32.8. The van der Waals surface area contributed by atoms with E-state index >= 15 is 0 Å². The summed E-state index contributed by atoms with van der Waals surface area (Å²) in [6.45, 7) is -0.0102. The Balaban J connectivity index is 1.09. The molecule has 15 rings (SSSR count). The van der Waals surface area contributed by atoms with Gasteiger partial charge in [-0.2, -0.15) is 0 Å². The number of hydrogen-bond donors (Lipinski definition) is 0. The number of nitrogens with zero attached hydrogens (tertiary/aromatic N) is 5. The van der Waals surface area contributed by atoms with Crippen LogP contribution in [0.1, 0.15) is 0 Å². The third-order valence-electron chi connectivity index (χ3n) is 14.1. The first-order chi connectivity index (χ1) is 30.8. The summed E-state index contributed by atoms with van der Waals surface area (Å²) in [6.07, 6.45) is 0. The second-order valence-corrected chi connectivity index (χ2v) is 17.0. The molecular formula is C55H33B2N5. The summed E-state index contributed by atoms with van der Waals surface area (Å²) in [7, 11) is 0. The standard InChI is InChI=1S/C55H33B2N5/c1-4-16-34(17-5-1)55-58-43-26-13-25-40-54(43)62(55)48-31-15-29-46-52(48)57(40)42-32-41-49(33-50(42)60(46)36-20-8-3-9-21-36)59(35-18-6-2-7-19-35)45-28-14-30-47-51(45)56(41)39-24-12-23-38-37-22-10-11-27-44(37)61(47)53(38)39/h1-33H. The summed E-state index contributed by atoms with van der Waals surface area (Å²) >= 11 is 0. The summed E-state index contributed by atoms with van der Waals surface area (Å²) in [5.41, 5.74) is 23.3. The molecule has 0 bridgehead atoms. The maximum atomic E-state index is 5.39. The van der Waals surface area contributed by atoms with Gasteiger partial charge in [0.25, 0.3) is 13.4 Å². The maximum absolute atomic E-state index is 5.39. The molecule has 0 atom stereocenters. The molecule has 9 aromatic carbocycles. The highest BCUT2D eigenvalue weighted by molar-refractivity contribution is 7.03. The minimum atomic E-state index is -0.0226. The van der Waals surface area contributed by atoms with Gasteiger partial charge in [-0.05, 0) is 99.5 Å². The van der Waals surface area contributed by atoms with E-state index in [1.54, 1.807) is 0 Å². The number of rotatable bonds is 3. The lowest BCUT2D eigenvalue weighted by atomic mass is 9.30. The summed E-state index contributed by atoms with van der Waals surface area (Å²) in [5, 5.41) is 2.59. The number of imidazole rings is 1. The number of fused-ring (bicyclic) bond motifs is 11. The molecule has 0 amide bonds. The maximum Gasteiger partial charge on any atom is 0.252 e. The molecule has 5 nitrogen and oxygen atoms in total. The second kappa shape index (κ2) is 11.8. The number of benzene rings is 9. The Hall–Kier alpha value is -8.02. The Morgan fingerprint density at radius 3 is 1.53 bits per heavy atom. The minimum Gasteiger partial charge on any atom is -0.311 e. The van der Waals surface area contributed by atoms with E-state index < -0.39 is 0 Å². The lowest BCUT2D eigenvalue weighted by Crippen LogP contribution is -2.64. The molecule has 0 spiro atoms. The van der Waals surface area contributed by atoms with Crippen molar-refractivity contribution in [3.05, 3.63) is 200 Å². The van der Waals surface area contributed by atoms with Crippen LogP contribution in [0.5, 0.6) is 0 Å². The smallest absolute Gasteiger partial charge is 0.252 e.